The van der Waals surface area contributed by atoms with Crippen LogP contribution in [-0.2, 0) is 4.79 Å². The van der Waals surface area contributed by atoms with Gasteiger partial charge < -0.3 is 20.1 Å². The van der Waals surface area contributed by atoms with Gasteiger partial charge in [0.2, 0.25) is 5.76 Å². The number of carbonyl (C=O) groups excluding carboxylic acids is 1. The summed E-state index contributed by atoms with van der Waals surface area (Å²) in [5, 5.41) is 24.0. The Kier molecular flexibility index (Phi) is 3.84. The van der Waals surface area contributed by atoms with Gasteiger partial charge in [-0.05, 0) is 13.8 Å². The standard InChI is InChI=1S/C10H14N2O5/c1-6-4-12-17-8(6)9(15)11-5-10(2,16)3-7(13)14/h4,16H,3,5H2,1-2H3,(H,11,15)(H,13,14). The number of carboxylic acids is 1. The predicted molar refractivity (Wildman–Crippen MR) is 56.4 cm³/mol. The van der Waals surface area contributed by atoms with Crippen molar-refractivity contribution in [1.82, 2.24) is 10.5 Å². The molecule has 94 valence electrons. The number of nitrogens with zero attached hydrogens (tertiary/aromatic N) is 1. The van der Waals surface area contributed by atoms with E-state index in [-0.39, 0.29) is 12.3 Å². The lowest BCUT2D eigenvalue weighted by Gasteiger charge is -2.20. The summed E-state index contributed by atoms with van der Waals surface area (Å²) in [4.78, 5) is 22.0. The number of carbonyl (C=O) groups is 2. The Bertz CT molecular complexity index is 424. The van der Waals surface area contributed by atoms with Gasteiger partial charge in [0, 0.05) is 12.1 Å². The van der Waals surface area contributed by atoms with Crippen molar-refractivity contribution in [3.63, 3.8) is 0 Å². The average Bonchev–Trinajstić information content (AvgIpc) is 2.59. The number of aliphatic carboxylic acids is 1. The molecule has 1 aromatic heterocycles. The van der Waals surface area contributed by atoms with Crippen LogP contribution in [0.1, 0.15) is 29.5 Å². The summed E-state index contributed by atoms with van der Waals surface area (Å²) in [6, 6.07) is 0. The van der Waals surface area contributed by atoms with Crippen molar-refractivity contribution >= 4 is 11.9 Å². The normalized spacial score (nSPS) is 14.1. The number of hydrogen-bond donors (Lipinski definition) is 3. The lowest BCUT2D eigenvalue weighted by Crippen LogP contribution is -2.42. The predicted octanol–water partition coefficient (Wildman–Crippen LogP) is -0.0615. The van der Waals surface area contributed by atoms with Crippen molar-refractivity contribution < 1.29 is 24.3 Å². The van der Waals surface area contributed by atoms with Gasteiger partial charge in [-0.15, -0.1) is 0 Å². The fraction of sp³-hybridized carbons (Fsp3) is 0.500. The SMILES string of the molecule is Cc1cnoc1C(=O)NCC(C)(O)CC(=O)O. The van der Waals surface area contributed by atoms with E-state index in [4.69, 9.17) is 9.63 Å². The Labute approximate surface area is 97.4 Å². The smallest absolute Gasteiger partial charge is 0.306 e. The third-order valence-electron chi connectivity index (χ3n) is 2.12. The van der Waals surface area contributed by atoms with Crippen LogP contribution >= 0.6 is 0 Å². The first-order valence-corrected chi connectivity index (χ1v) is 4.95. The van der Waals surface area contributed by atoms with E-state index in [9.17, 15) is 14.7 Å². The second kappa shape index (κ2) is 4.96. The molecule has 0 bridgehead atoms. The van der Waals surface area contributed by atoms with Crippen molar-refractivity contribution in [3.8, 4) is 0 Å². The highest BCUT2D eigenvalue weighted by Crippen LogP contribution is 2.09. The molecular formula is C10H14N2O5. The summed E-state index contributed by atoms with van der Waals surface area (Å²) in [6.07, 6.45) is 0.937. The van der Waals surface area contributed by atoms with Gasteiger partial charge in [0.1, 0.15) is 0 Å². The average molecular weight is 242 g/mol. The minimum atomic E-state index is -1.50. The van der Waals surface area contributed by atoms with E-state index >= 15 is 0 Å². The Morgan fingerprint density at radius 1 is 1.59 bits per heavy atom. The van der Waals surface area contributed by atoms with Crippen LogP contribution in [0.25, 0.3) is 0 Å². The van der Waals surface area contributed by atoms with Crippen molar-refractivity contribution in [2.75, 3.05) is 6.54 Å². The lowest BCUT2D eigenvalue weighted by atomic mass is 10.0. The summed E-state index contributed by atoms with van der Waals surface area (Å²) >= 11 is 0. The van der Waals surface area contributed by atoms with Gasteiger partial charge in [0.05, 0.1) is 18.2 Å². The van der Waals surface area contributed by atoms with E-state index in [2.05, 4.69) is 10.5 Å². The molecule has 1 unspecified atom stereocenters. The molecule has 0 aliphatic heterocycles. The third kappa shape index (κ3) is 3.87. The van der Waals surface area contributed by atoms with Crippen LogP contribution in [0.2, 0.25) is 0 Å². The first-order valence-electron chi connectivity index (χ1n) is 4.95. The molecule has 7 heteroatoms. The molecule has 3 N–H and O–H groups in total. The van der Waals surface area contributed by atoms with E-state index in [0.29, 0.717) is 5.56 Å². The van der Waals surface area contributed by atoms with Crippen LogP contribution in [0, 0.1) is 6.92 Å². The van der Waals surface area contributed by atoms with E-state index in [0.717, 1.165) is 0 Å². The highest BCUT2D eigenvalue weighted by atomic mass is 16.5. The van der Waals surface area contributed by atoms with Crippen molar-refractivity contribution in [3.05, 3.63) is 17.5 Å². The summed E-state index contributed by atoms with van der Waals surface area (Å²) in [5.41, 5.74) is -0.935. The van der Waals surface area contributed by atoms with Gasteiger partial charge in [-0.2, -0.15) is 0 Å². The summed E-state index contributed by atoms with van der Waals surface area (Å²) in [6.45, 7) is 2.80. The Balaban J connectivity index is 2.54. The number of hydrogen-bond acceptors (Lipinski definition) is 5. The topological polar surface area (TPSA) is 113 Å². The molecule has 1 atom stereocenters. The second-order valence-corrected chi connectivity index (χ2v) is 4.09. The van der Waals surface area contributed by atoms with Crippen LogP contribution in [0.15, 0.2) is 10.7 Å². The monoisotopic (exact) mass is 242 g/mol. The zero-order valence-corrected chi connectivity index (χ0v) is 9.56. The first-order chi connectivity index (χ1) is 7.82. The number of aromatic nitrogens is 1. The number of amides is 1. The molecule has 0 saturated heterocycles. The van der Waals surface area contributed by atoms with Crippen LogP contribution in [0.5, 0.6) is 0 Å². The molecule has 1 rings (SSSR count). The number of aliphatic hydroxyl groups is 1. The van der Waals surface area contributed by atoms with Gasteiger partial charge in [-0.3, -0.25) is 9.59 Å². The van der Waals surface area contributed by atoms with Crippen LogP contribution in [0.4, 0.5) is 0 Å². The molecule has 7 nitrogen and oxygen atoms in total. The minimum absolute atomic E-state index is 0.0520. The van der Waals surface area contributed by atoms with Gasteiger partial charge in [-0.25, -0.2) is 0 Å². The lowest BCUT2D eigenvalue weighted by molar-refractivity contribution is -0.141. The summed E-state index contributed by atoms with van der Waals surface area (Å²) in [7, 11) is 0. The highest BCUT2D eigenvalue weighted by Gasteiger charge is 2.26. The summed E-state index contributed by atoms with van der Waals surface area (Å²) < 4.78 is 4.71. The van der Waals surface area contributed by atoms with Crippen molar-refractivity contribution in [1.29, 1.82) is 0 Å². The maximum atomic E-state index is 11.6. The molecule has 0 spiro atoms. The molecule has 0 saturated carbocycles. The molecule has 0 aliphatic carbocycles. The van der Waals surface area contributed by atoms with E-state index in [1.54, 1.807) is 6.92 Å². The second-order valence-electron chi connectivity index (χ2n) is 4.09. The number of carboxylic acid groups (broad SMARTS) is 1. The molecule has 1 heterocycles. The quantitative estimate of drug-likeness (QED) is 0.666. The van der Waals surface area contributed by atoms with Crippen LogP contribution in [-0.4, -0.2) is 39.4 Å². The number of nitrogens with one attached hydrogen (secondary N) is 1. The zero-order valence-electron chi connectivity index (χ0n) is 9.56. The Morgan fingerprint density at radius 2 is 2.24 bits per heavy atom. The van der Waals surface area contributed by atoms with Gasteiger partial charge in [0.25, 0.3) is 5.91 Å². The largest absolute Gasteiger partial charge is 0.481 e. The van der Waals surface area contributed by atoms with Gasteiger partial charge in [-0.1, -0.05) is 5.16 Å². The molecule has 1 aromatic rings. The molecule has 1 amide bonds. The van der Waals surface area contributed by atoms with Crippen LogP contribution in [0.3, 0.4) is 0 Å². The number of aryl methyl sites for hydroxylation is 1. The first kappa shape index (κ1) is 13.2. The fourth-order valence-electron chi connectivity index (χ4n) is 1.25. The zero-order chi connectivity index (χ0) is 13.1. The maximum Gasteiger partial charge on any atom is 0.306 e. The van der Waals surface area contributed by atoms with Crippen molar-refractivity contribution in [2.45, 2.75) is 25.9 Å². The molecular weight excluding hydrogens is 228 g/mol. The number of rotatable bonds is 5. The fourth-order valence-corrected chi connectivity index (χ4v) is 1.25. The molecule has 0 radical (unpaired) electrons. The van der Waals surface area contributed by atoms with E-state index in [1.807, 2.05) is 0 Å². The molecule has 17 heavy (non-hydrogen) atoms. The Hall–Kier alpha value is -1.89. The van der Waals surface area contributed by atoms with Gasteiger partial charge >= 0.3 is 5.97 Å². The minimum Gasteiger partial charge on any atom is -0.481 e. The molecule has 0 fully saturated rings. The third-order valence-corrected chi connectivity index (χ3v) is 2.12. The maximum absolute atomic E-state index is 11.6. The van der Waals surface area contributed by atoms with E-state index in [1.165, 1.54) is 13.1 Å². The van der Waals surface area contributed by atoms with Crippen LogP contribution < -0.4 is 5.32 Å². The molecule has 0 aliphatic rings. The highest BCUT2D eigenvalue weighted by molar-refractivity contribution is 5.92. The van der Waals surface area contributed by atoms with Gasteiger partial charge in [0.15, 0.2) is 0 Å². The Morgan fingerprint density at radius 3 is 2.71 bits per heavy atom. The molecule has 0 aromatic carbocycles. The van der Waals surface area contributed by atoms with Crippen molar-refractivity contribution in [2.24, 2.45) is 0 Å². The summed E-state index contributed by atoms with van der Waals surface area (Å²) in [5.74, 6) is -1.62. The van der Waals surface area contributed by atoms with E-state index < -0.39 is 23.9 Å².